The fourth-order valence-corrected chi connectivity index (χ4v) is 3.79. The first-order valence-corrected chi connectivity index (χ1v) is 7.82. The number of rotatable bonds is 4. The van der Waals surface area contributed by atoms with E-state index in [1.54, 1.807) is 0 Å². The zero-order valence-corrected chi connectivity index (χ0v) is 12.3. The number of nitrogens with zero attached hydrogens (tertiary/aromatic N) is 1. The predicted octanol–water partition coefficient (Wildman–Crippen LogP) is 4.18. The maximum absolute atomic E-state index is 2.81. The maximum Gasteiger partial charge on any atom is 0.00953 e. The Morgan fingerprint density at radius 2 is 1.76 bits per heavy atom. The Morgan fingerprint density at radius 1 is 1.06 bits per heavy atom. The van der Waals surface area contributed by atoms with Crippen molar-refractivity contribution < 1.29 is 0 Å². The summed E-state index contributed by atoms with van der Waals surface area (Å²) in [5.41, 5.74) is 0. The molecule has 0 unspecified atom stereocenters. The van der Waals surface area contributed by atoms with E-state index < -0.39 is 0 Å². The molecular weight excluding hydrogens is 206 g/mol. The van der Waals surface area contributed by atoms with Gasteiger partial charge in [0.2, 0.25) is 0 Å². The van der Waals surface area contributed by atoms with Gasteiger partial charge in [0.1, 0.15) is 0 Å². The zero-order chi connectivity index (χ0) is 12.4. The summed E-state index contributed by atoms with van der Waals surface area (Å²) >= 11 is 0. The molecule has 1 aliphatic carbocycles. The van der Waals surface area contributed by atoms with Crippen LogP contribution in [-0.2, 0) is 0 Å². The monoisotopic (exact) mass is 237 g/mol. The average Bonchev–Trinajstić information content (AvgIpc) is 2.16. The van der Waals surface area contributed by atoms with Gasteiger partial charge in [-0.05, 0) is 55.9 Å². The molecule has 0 aromatic rings. The van der Waals surface area contributed by atoms with Gasteiger partial charge in [-0.15, -0.1) is 0 Å². The van der Waals surface area contributed by atoms with Crippen LogP contribution >= 0.6 is 0 Å². The SMILES string of the molecule is CC(C)C[C@H]1CCN(C2CCC2)C[C@@H]1C(C)C. The van der Waals surface area contributed by atoms with Crippen molar-refractivity contribution in [1.82, 2.24) is 4.90 Å². The molecule has 0 N–H and O–H groups in total. The number of hydrogen-bond acceptors (Lipinski definition) is 1. The van der Waals surface area contributed by atoms with Crippen molar-refractivity contribution >= 4 is 0 Å². The molecule has 1 nitrogen and oxygen atoms in total. The summed E-state index contributed by atoms with van der Waals surface area (Å²) < 4.78 is 0. The highest BCUT2D eigenvalue weighted by Crippen LogP contribution is 2.37. The normalized spacial score (nSPS) is 32.1. The second-order valence-electron chi connectivity index (χ2n) is 7.17. The Labute approximate surface area is 108 Å². The Kier molecular flexibility index (Phi) is 4.52. The quantitative estimate of drug-likeness (QED) is 0.709. The minimum Gasteiger partial charge on any atom is -0.300 e. The van der Waals surface area contributed by atoms with E-state index in [4.69, 9.17) is 0 Å². The Hall–Kier alpha value is -0.0400. The first-order chi connectivity index (χ1) is 8.08. The summed E-state index contributed by atoms with van der Waals surface area (Å²) in [5, 5.41) is 0. The molecule has 0 radical (unpaired) electrons. The van der Waals surface area contributed by atoms with Gasteiger partial charge in [0.15, 0.2) is 0 Å². The lowest BCUT2D eigenvalue weighted by Crippen LogP contribution is -2.49. The van der Waals surface area contributed by atoms with Gasteiger partial charge in [0, 0.05) is 12.6 Å². The Bertz CT molecular complexity index is 230. The highest BCUT2D eigenvalue weighted by Gasteiger charge is 2.35. The molecule has 0 amide bonds. The van der Waals surface area contributed by atoms with E-state index in [0.29, 0.717) is 0 Å². The highest BCUT2D eigenvalue weighted by atomic mass is 15.2. The van der Waals surface area contributed by atoms with E-state index in [2.05, 4.69) is 32.6 Å². The molecule has 2 atom stereocenters. The lowest BCUT2D eigenvalue weighted by Gasteiger charge is -2.47. The molecule has 1 heteroatoms. The molecule has 2 rings (SSSR count). The molecule has 1 saturated heterocycles. The summed E-state index contributed by atoms with van der Waals surface area (Å²) in [6.45, 7) is 12.4. The molecule has 0 bridgehead atoms. The van der Waals surface area contributed by atoms with Crippen LogP contribution in [0.4, 0.5) is 0 Å². The van der Waals surface area contributed by atoms with Crippen LogP contribution in [0.15, 0.2) is 0 Å². The summed E-state index contributed by atoms with van der Waals surface area (Å²) in [4.78, 5) is 2.81. The van der Waals surface area contributed by atoms with Crippen molar-refractivity contribution in [1.29, 1.82) is 0 Å². The fraction of sp³-hybridized carbons (Fsp3) is 1.00. The molecular formula is C16H31N. The predicted molar refractivity (Wildman–Crippen MR) is 75.1 cm³/mol. The van der Waals surface area contributed by atoms with Gasteiger partial charge >= 0.3 is 0 Å². The molecule has 0 spiro atoms. The molecule has 2 aliphatic rings. The van der Waals surface area contributed by atoms with Gasteiger partial charge in [-0.3, -0.25) is 0 Å². The van der Waals surface area contributed by atoms with Gasteiger partial charge in [-0.2, -0.15) is 0 Å². The Morgan fingerprint density at radius 3 is 2.24 bits per heavy atom. The third-order valence-electron chi connectivity index (χ3n) is 5.06. The van der Waals surface area contributed by atoms with E-state index in [-0.39, 0.29) is 0 Å². The van der Waals surface area contributed by atoms with Gasteiger partial charge in [0.25, 0.3) is 0 Å². The van der Waals surface area contributed by atoms with E-state index in [9.17, 15) is 0 Å². The third-order valence-corrected chi connectivity index (χ3v) is 5.06. The maximum atomic E-state index is 2.81. The largest absolute Gasteiger partial charge is 0.300 e. The van der Waals surface area contributed by atoms with E-state index in [1.807, 2.05) is 0 Å². The van der Waals surface area contributed by atoms with Gasteiger partial charge < -0.3 is 4.90 Å². The highest BCUT2D eigenvalue weighted by molar-refractivity contribution is 4.88. The molecule has 1 heterocycles. The molecule has 0 aromatic carbocycles. The minimum atomic E-state index is 0.863. The van der Waals surface area contributed by atoms with Crippen LogP contribution in [0.25, 0.3) is 0 Å². The summed E-state index contributed by atoms with van der Waals surface area (Å²) in [7, 11) is 0. The van der Waals surface area contributed by atoms with Crippen molar-refractivity contribution in [3.8, 4) is 0 Å². The molecule has 2 fully saturated rings. The first-order valence-electron chi connectivity index (χ1n) is 7.82. The van der Waals surface area contributed by atoms with Crippen LogP contribution in [0.2, 0.25) is 0 Å². The Balaban J connectivity index is 1.92. The van der Waals surface area contributed by atoms with E-state index in [0.717, 1.165) is 29.7 Å². The topological polar surface area (TPSA) is 3.24 Å². The molecule has 17 heavy (non-hydrogen) atoms. The zero-order valence-electron chi connectivity index (χ0n) is 12.3. The third kappa shape index (κ3) is 3.24. The van der Waals surface area contributed by atoms with Gasteiger partial charge in [-0.25, -0.2) is 0 Å². The summed E-state index contributed by atoms with van der Waals surface area (Å²) in [6, 6.07) is 0.955. The minimum absolute atomic E-state index is 0.863. The molecule has 100 valence electrons. The molecule has 0 aromatic heterocycles. The van der Waals surface area contributed by atoms with Crippen molar-refractivity contribution in [2.45, 2.75) is 65.8 Å². The van der Waals surface area contributed by atoms with Crippen LogP contribution in [0, 0.1) is 23.7 Å². The second-order valence-corrected chi connectivity index (χ2v) is 7.17. The van der Waals surface area contributed by atoms with Crippen LogP contribution < -0.4 is 0 Å². The molecule has 1 saturated carbocycles. The van der Waals surface area contributed by atoms with E-state index in [1.165, 1.54) is 45.2 Å². The fourth-order valence-electron chi connectivity index (χ4n) is 3.79. The molecule has 1 aliphatic heterocycles. The number of piperidine rings is 1. The average molecular weight is 237 g/mol. The van der Waals surface area contributed by atoms with Gasteiger partial charge in [0.05, 0.1) is 0 Å². The summed E-state index contributed by atoms with van der Waals surface area (Å²) in [5.74, 6) is 3.68. The smallest absolute Gasteiger partial charge is 0.00953 e. The van der Waals surface area contributed by atoms with Crippen LogP contribution in [0.3, 0.4) is 0 Å². The van der Waals surface area contributed by atoms with Crippen molar-refractivity contribution in [2.75, 3.05) is 13.1 Å². The number of hydrogen-bond donors (Lipinski definition) is 0. The van der Waals surface area contributed by atoms with E-state index >= 15 is 0 Å². The van der Waals surface area contributed by atoms with Crippen LogP contribution in [-0.4, -0.2) is 24.0 Å². The number of likely N-dealkylation sites (tertiary alicyclic amines) is 1. The second kappa shape index (κ2) is 5.73. The summed E-state index contributed by atoms with van der Waals surface area (Å²) in [6.07, 6.45) is 7.32. The van der Waals surface area contributed by atoms with Gasteiger partial charge in [-0.1, -0.05) is 34.1 Å². The van der Waals surface area contributed by atoms with Crippen molar-refractivity contribution in [3.05, 3.63) is 0 Å². The lowest BCUT2D eigenvalue weighted by atomic mass is 9.73. The van der Waals surface area contributed by atoms with Crippen molar-refractivity contribution in [2.24, 2.45) is 23.7 Å². The van der Waals surface area contributed by atoms with Crippen LogP contribution in [0.1, 0.15) is 59.8 Å². The standard InChI is InChI=1S/C16H31N/c1-12(2)10-14-8-9-17(15-6-5-7-15)11-16(14)13(3)4/h12-16H,5-11H2,1-4H3/t14-,16-/m1/s1. The van der Waals surface area contributed by atoms with Crippen LogP contribution in [0.5, 0.6) is 0 Å². The lowest BCUT2D eigenvalue weighted by molar-refractivity contribution is 0.0235. The first kappa shape index (κ1) is 13.4. The van der Waals surface area contributed by atoms with Crippen molar-refractivity contribution in [3.63, 3.8) is 0 Å².